The van der Waals surface area contributed by atoms with Gasteiger partial charge in [0.15, 0.2) is 0 Å². The number of rotatable bonds is 5. The molecule has 94 valence electrons. The average molecular weight is 263 g/mol. The highest BCUT2D eigenvalue weighted by molar-refractivity contribution is 6.17. The van der Waals surface area contributed by atoms with Crippen molar-refractivity contribution < 1.29 is 9.47 Å². The van der Waals surface area contributed by atoms with Crippen molar-refractivity contribution in [2.75, 3.05) is 7.11 Å². The van der Waals surface area contributed by atoms with Gasteiger partial charge in [-0.1, -0.05) is 24.3 Å². The second-order valence-electron chi connectivity index (χ2n) is 3.91. The summed E-state index contributed by atoms with van der Waals surface area (Å²) in [7, 11) is 1.67. The molecule has 0 fully saturated rings. The normalized spacial score (nSPS) is 10.3. The molecule has 0 spiro atoms. The van der Waals surface area contributed by atoms with Crippen molar-refractivity contribution in [2.45, 2.75) is 12.5 Å². The Morgan fingerprint density at radius 1 is 0.944 bits per heavy atom. The molecular weight excluding hydrogens is 248 g/mol. The third-order valence-electron chi connectivity index (χ3n) is 2.60. The fraction of sp³-hybridized carbons (Fsp3) is 0.200. The Kier molecular flexibility index (Phi) is 4.62. The molecule has 2 aromatic rings. The zero-order valence-electron chi connectivity index (χ0n) is 10.2. The molecule has 2 rings (SSSR count). The lowest BCUT2D eigenvalue weighted by Crippen LogP contribution is -1.95. The molecule has 2 aromatic carbocycles. The van der Waals surface area contributed by atoms with Gasteiger partial charge < -0.3 is 9.47 Å². The van der Waals surface area contributed by atoms with Crippen LogP contribution in [0.4, 0.5) is 0 Å². The molecule has 0 aromatic heterocycles. The van der Waals surface area contributed by atoms with E-state index < -0.39 is 0 Å². The minimum atomic E-state index is 0.449. The van der Waals surface area contributed by atoms with Gasteiger partial charge in [0.2, 0.25) is 0 Å². The van der Waals surface area contributed by atoms with Gasteiger partial charge in [0.25, 0.3) is 0 Å². The number of hydrogen-bond acceptors (Lipinski definition) is 2. The van der Waals surface area contributed by atoms with Gasteiger partial charge in [0.05, 0.1) is 6.61 Å². The minimum absolute atomic E-state index is 0.449. The maximum Gasteiger partial charge on any atom is 0.127 e. The molecular formula is C15H15ClO2. The fourth-order valence-electron chi connectivity index (χ4n) is 1.71. The average Bonchev–Trinajstić information content (AvgIpc) is 2.42. The Bertz CT molecular complexity index is 497. The molecule has 0 aliphatic rings. The summed E-state index contributed by atoms with van der Waals surface area (Å²) in [5.74, 6) is 2.05. The first-order chi connectivity index (χ1) is 8.83. The standard InChI is InChI=1S/C15H15ClO2/c1-17-11-12-7-8-15(9-13(12)10-16)18-14-5-3-2-4-6-14/h2-9H,10-11H2,1H3. The Labute approximate surface area is 112 Å². The molecule has 0 atom stereocenters. The van der Waals surface area contributed by atoms with Gasteiger partial charge >= 0.3 is 0 Å². The number of methoxy groups -OCH3 is 1. The largest absolute Gasteiger partial charge is 0.457 e. The maximum atomic E-state index is 5.93. The summed E-state index contributed by atoms with van der Waals surface area (Å²) >= 11 is 5.93. The minimum Gasteiger partial charge on any atom is -0.457 e. The van der Waals surface area contributed by atoms with Crippen LogP contribution in [0.5, 0.6) is 11.5 Å². The van der Waals surface area contributed by atoms with Crippen LogP contribution in [0.15, 0.2) is 48.5 Å². The number of hydrogen-bond donors (Lipinski definition) is 0. The van der Waals surface area contributed by atoms with Crippen LogP contribution in [-0.4, -0.2) is 7.11 Å². The van der Waals surface area contributed by atoms with Gasteiger partial charge in [-0.25, -0.2) is 0 Å². The van der Waals surface area contributed by atoms with E-state index in [0.29, 0.717) is 12.5 Å². The Morgan fingerprint density at radius 3 is 2.39 bits per heavy atom. The van der Waals surface area contributed by atoms with Crippen LogP contribution < -0.4 is 4.74 Å². The third-order valence-corrected chi connectivity index (χ3v) is 2.89. The molecule has 0 aliphatic carbocycles. The number of halogens is 1. The van der Waals surface area contributed by atoms with Gasteiger partial charge in [-0.15, -0.1) is 11.6 Å². The van der Waals surface area contributed by atoms with E-state index in [4.69, 9.17) is 21.1 Å². The molecule has 0 radical (unpaired) electrons. The van der Waals surface area contributed by atoms with Gasteiger partial charge in [-0.3, -0.25) is 0 Å². The molecule has 2 nitrogen and oxygen atoms in total. The first-order valence-electron chi connectivity index (χ1n) is 5.73. The predicted octanol–water partition coefficient (Wildman–Crippen LogP) is 4.36. The first-order valence-corrected chi connectivity index (χ1v) is 6.26. The second-order valence-corrected chi connectivity index (χ2v) is 4.18. The zero-order valence-corrected chi connectivity index (χ0v) is 11.0. The van der Waals surface area contributed by atoms with Crippen LogP contribution in [0.1, 0.15) is 11.1 Å². The van der Waals surface area contributed by atoms with Crippen molar-refractivity contribution in [3.05, 3.63) is 59.7 Å². The topological polar surface area (TPSA) is 18.5 Å². The summed E-state index contributed by atoms with van der Waals surface area (Å²) in [5.41, 5.74) is 2.12. The highest BCUT2D eigenvalue weighted by atomic mass is 35.5. The summed E-state index contributed by atoms with van der Waals surface area (Å²) < 4.78 is 10.9. The molecule has 0 saturated carbocycles. The lowest BCUT2D eigenvalue weighted by atomic mass is 10.1. The van der Waals surface area contributed by atoms with Crippen molar-refractivity contribution in [3.8, 4) is 11.5 Å². The Balaban J connectivity index is 2.19. The lowest BCUT2D eigenvalue weighted by molar-refractivity contribution is 0.184. The van der Waals surface area contributed by atoms with Crippen LogP contribution in [0.2, 0.25) is 0 Å². The van der Waals surface area contributed by atoms with Crippen LogP contribution in [-0.2, 0) is 17.2 Å². The summed E-state index contributed by atoms with van der Waals surface area (Å²) in [6, 6.07) is 15.5. The van der Waals surface area contributed by atoms with Crippen LogP contribution in [0.3, 0.4) is 0 Å². The van der Waals surface area contributed by atoms with Gasteiger partial charge in [-0.2, -0.15) is 0 Å². The Morgan fingerprint density at radius 2 is 1.72 bits per heavy atom. The van der Waals surface area contributed by atoms with E-state index in [9.17, 15) is 0 Å². The molecule has 0 bridgehead atoms. The second kappa shape index (κ2) is 6.43. The predicted molar refractivity (Wildman–Crippen MR) is 73.2 cm³/mol. The number of alkyl halides is 1. The molecule has 0 aliphatic heterocycles. The molecule has 0 heterocycles. The number of para-hydroxylation sites is 1. The quantitative estimate of drug-likeness (QED) is 0.745. The van der Waals surface area contributed by atoms with Crippen LogP contribution >= 0.6 is 11.6 Å². The molecule has 3 heteroatoms. The highest BCUT2D eigenvalue weighted by Crippen LogP contribution is 2.25. The summed E-state index contributed by atoms with van der Waals surface area (Å²) in [6.45, 7) is 0.563. The molecule has 18 heavy (non-hydrogen) atoms. The summed E-state index contributed by atoms with van der Waals surface area (Å²) in [4.78, 5) is 0. The molecule has 0 N–H and O–H groups in total. The van der Waals surface area contributed by atoms with Crippen molar-refractivity contribution in [2.24, 2.45) is 0 Å². The van der Waals surface area contributed by atoms with Crippen molar-refractivity contribution in [1.29, 1.82) is 0 Å². The summed E-state index contributed by atoms with van der Waals surface area (Å²) in [5, 5.41) is 0. The molecule has 0 unspecified atom stereocenters. The van der Waals surface area contributed by atoms with Crippen molar-refractivity contribution in [1.82, 2.24) is 0 Å². The van der Waals surface area contributed by atoms with E-state index >= 15 is 0 Å². The van der Waals surface area contributed by atoms with E-state index in [0.717, 1.165) is 22.6 Å². The van der Waals surface area contributed by atoms with Crippen LogP contribution in [0, 0.1) is 0 Å². The fourth-order valence-corrected chi connectivity index (χ4v) is 1.96. The van der Waals surface area contributed by atoms with E-state index in [2.05, 4.69) is 0 Å². The van der Waals surface area contributed by atoms with E-state index in [-0.39, 0.29) is 0 Å². The SMILES string of the molecule is COCc1ccc(Oc2ccccc2)cc1CCl. The van der Waals surface area contributed by atoms with Crippen molar-refractivity contribution >= 4 is 11.6 Å². The van der Waals surface area contributed by atoms with E-state index in [1.54, 1.807) is 7.11 Å². The van der Waals surface area contributed by atoms with E-state index in [1.165, 1.54) is 0 Å². The third kappa shape index (κ3) is 3.25. The van der Waals surface area contributed by atoms with Crippen molar-refractivity contribution in [3.63, 3.8) is 0 Å². The highest BCUT2D eigenvalue weighted by Gasteiger charge is 2.04. The van der Waals surface area contributed by atoms with Crippen LogP contribution in [0.25, 0.3) is 0 Å². The monoisotopic (exact) mass is 262 g/mol. The number of benzene rings is 2. The Hall–Kier alpha value is -1.51. The number of ether oxygens (including phenoxy) is 2. The molecule has 0 saturated heterocycles. The molecule has 0 amide bonds. The zero-order chi connectivity index (χ0) is 12.8. The maximum absolute atomic E-state index is 5.93. The lowest BCUT2D eigenvalue weighted by Gasteiger charge is -2.10. The van der Waals surface area contributed by atoms with Gasteiger partial charge in [0, 0.05) is 13.0 Å². The van der Waals surface area contributed by atoms with E-state index in [1.807, 2.05) is 48.5 Å². The van der Waals surface area contributed by atoms with Gasteiger partial charge in [0.1, 0.15) is 11.5 Å². The van der Waals surface area contributed by atoms with Gasteiger partial charge in [-0.05, 0) is 35.4 Å². The smallest absolute Gasteiger partial charge is 0.127 e. The summed E-state index contributed by atoms with van der Waals surface area (Å²) in [6.07, 6.45) is 0. The first kappa shape index (κ1) is 12.9.